The van der Waals surface area contributed by atoms with Gasteiger partial charge in [-0.1, -0.05) is 12.1 Å². The van der Waals surface area contributed by atoms with Gasteiger partial charge >= 0.3 is 0 Å². The molecule has 132 valence electrons. The first-order chi connectivity index (χ1) is 11.1. The maximum atomic E-state index is 12.5. The topological polar surface area (TPSA) is 61.0 Å². The van der Waals surface area contributed by atoms with Crippen molar-refractivity contribution < 1.29 is 4.79 Å². The lowest BCUT2D eigenvalue weighted by Crippen LogP contribution is -2.43. The normalized spacial score (nSPS) is 20.6. The maximum Gasteiger partial charge on any atom is 0.225 e. The van der Waals surface area contributed by atoms with Crippen molar-refractivity contribution in [2.45, 2.75) is 38.6 Å². The third-order valence-electron chi connectivity index (χ3n) is 4.69. The quantitative estimate of drug-likeness (QED) is 0.871. The fourth-order valence-corrected chi connectivity index (χ4v) is 3.39. The van der Waals surface area contributed by atoms with Crippen molar-refractivity contribution in [1.29, 1.82) is 0 Å². The number of carbonyl (C=O) groups excluding carboxylic acids is 1. The smallest absolute Gasteiger partial charge is 0.225 e. The lowest BCUT2D eigenvalue weighted by atomic mass is 9.92. The molecule has 0 spiro atoms. The predicted molar refractivity (Wildman–Crippen MR) is 99.5 cm³/mol. The van der Waals surface area contributed by atoms with Gasteiger partial charge in [0.1, 0.15) is 5.82 Å². The summed E-state index contributed by atoms with van der Waals surface area (Å²) in [6.07, 6.45) is 3.71. The number of imidazole rings is 1. The highest BCUT2D eigenvalue weighted by Gasteiger charge is 2.26. The second kappa shape index (κ2) is 8.49. The minimum Gasteiger partial charge on any atom is -0.346 e. The van der Waals surface area contributed by atoms with Crippen LogP contribution < -0.4 is 5.32 Å². The van der Waals surface area contributed by atoms with Crippen LogP contribution in [0.3, 0.4) is 0 Å². The molecule has 1 aliphatic heterocycles. The van der Waals surface area contributed by atoms with E-state index in [0.717, 1.165) is 55.6 Å². The van der Waals surface area contributed by atoms with E-state index in [1.54, 1.807) is 0 Å². The average Bonchev–Trinajstić information content (AvgIpc) is 2.96. The molecule has 1 aromatic carbocycles. The lowest BCUT2D eigenvalue weighted by Gasteiger charge is -2.30. The lowest BCUT2D eigenvalue weighted by molar-refractivity contribution is -0.135. The Balaban J connectivity index is 0.00000208. The zero-order valence-corrected chi connectivity index (χ0v) is 15.2. The number of aromatic amines is 1. The van der Waals surface area contributed by atoms with E-state index in [9.17, 15) is 4.79 Å². The molecule has 0 saturated carbocycles. The number of halogens is 1. The van der Waals surface area contributed by atoms with Gasteiger partial charge in [-0.15, -0.1) is 12.4 Å². The van der Waals surface area contributed by atoms with Crippen LogP contribution in [0, 0.1) is 5.92 Å². The molecule has 5 nitrogen and oxygen atoms in total. The van der Waals surface area contributed by atoms with E-state index >= 15 is 0 Å². The molecule has 2 aromatic rings. The molecule has 1 aliphatic rings. The molecule has 24 heavy (non-hydrogen) atoms. The number of benzene rings is 1. The molecule has 1 aromatic heterocycles. The zero-order valence-electron chi connectivity index (χ0n) is 14.4. The monoisotopic (exact) mass is 350 g/mol. The van der Waals surface area contributed by atoms with E-state index in [1.165, 1.54) is 0 Å². The summed E-state index contributed by atoms with van der Waals surface area (Å²) in [7, 11) is 1.92. The van der Waals surface area contributed by atoms with E-state index in [2.05, 4.69) is 22.2 Å². The van der Waals surface area contributed by atoms with Crippen LogP contribution in [0.1, 0.15) is 32.0 Å². The Morgan fingerprint density at radius 3 is 2.92 bits per heavy atom. The fourth-order valence-electron chi connectivity index (χ4n) is 3.39. The molecule has 1 saturated heterocycles. The summed E-state index contributed by atoms with van der Waals surface area (Å²) in [5.74, 6) is 1.48. The Morgan fingerprint density at radius 2 is 2.17 bits per heavy atom. The van der Waals surface area contributed by atoms with Gasteiger partial charge in [-0.2, -0.15) is 0 Å². The van der Waals surface area contributed by atoms with Crippen LogP contribution in [0.4, 0.5) is 0 Å². The number of para-hydroxylation sites is 2. The van der Waals surface area contributed by atoms with Crippen LogP contribution in [0.25, 0.3) is 11.0 Å². The van der Waals surface area contributed by atoms with Crippen molar-refractivity contribution in [1.82, 2.24) is 20.2 Å². The maximum absolute atomic E-state index is 12.5. The molecule has 2 N–H and O–H groups in total. The van der Waals surface area contributed by atoms with Crippen molar-refractivity contribution in [3.05, 3.63) is 30.1 Å². The number of fused-ring (bicyclic) bond motifs is 1. The van der Waals surface area contributed by atoms with Crippen molar-refractivity contribution in [3.63, 3.8) is 0 Å². The van der Waals surface area contributed by atoms with Crippen molar-refractivity contribution >= 4 is 29.3 Å². The Kier molecular flexibility index (Phi) is 6.63. The molecule has 1 fully saturated rings. The number of aromatic nitrogens is 2. The molecule has 2 atom stereocenters. The first kappa shape index (κ1) is 18.7. The molecule has 0 unspecified atom stereocenters. The molecule has 0 aliphatic carbocycles. The van der Waals surface area contributed by atoms with E-state index < -0.39 is 0 Å². The van der Waals surface area contributed by atoms with Crippen LogP contribution in [0.5, 0.6) is 0 Å². The summed E-state index contributed by atoms with van der Waals surface area (Å²) >= 11 is 0. The van der Waals surface area contributed by atoms with Gasteiger partial charge < -0.3 is 15.2 Å². The Labute approximate surface area is 149 Å². The Morgan fingerprint density at radius 1 is 1.38 bits per heavy atom. The molecular formula is C18H27ClN4O. The van der Waals surface area contributed by atoms with Crippen molar-refractivity contribution in [2.24, 2.45) is 5.92 Å². The summed E-state index contributed by atoms with van der Waals surface area (Å²) in [6, 6.07) is 8.51. The van der Waals surface area contributed by atoms with Gasteiger partial charge in [0.2, 0.25) is 5.91 Å². The number of hydrogen-bond donors (Lipinski definition) is 2. The average molecular weight is 351 g/mol. The number of piperidine rings is 1. The third kappa shape index (κ3) is 4.48. The highest BCUT2D eigenvalue weighted by molar-refractivity contribution is 5.85. The molecule has 0 radical (unpaired) electrons. The standard InChI is InChI=1S/C18H26N4O.ClH/c1-13-12-14(9-10-19-13)18(23)22(2)11-5-8-17-20-15-6-3-4-7-16(15)21-17;/h3-4,6-7,13-14,19H,5,8-12H2,1-2H3,(H,20,21);1H/t13-,14-;/m0./s1. The number of nitrogens with zero attached hydrogens (tertiary/aromatic N) is 2. The van der Waals surface area contributed by atoms with Crippen molar-refractivity contribution in [2.75, 3.05) is 20.1 Å². The van der Waals surface area contributed by atoms with Gasteiger partial charge in [0.25, 0.3) is 0 Å². The van der Waals surface area contributed by atoms with Gasteiger partial charge in [-0.05, 0) is 44.9 Å². The first-order valence-electron chi connectivity index (χ1n) is 8.55. The van der Waals surface area contributed by atoms with Crippen LogP contribution in [0.15, 0.2) is 24.3 Å². The number of H-pyrrole nitrogens is 1. The Hall–Kier alpha value is -1.59. The van der Waals surface area contributed by atoms with Crippen LogP contribution in [0.2, 0.25) is 0 Å². The molecule has 0 bridgehead atoms. The van der Waals surface area contributed by atoms with Gasteiger partial charge in [0.05, 0.1) is 11.0 Å². The van der Waals surface area contributed by atoms with Crippen LogP contribution in [-0.2, 0) is 11.2 Å². The van der Waals surface area contributed by atoms with Crippen LogP contribution in [-0.4, -0.2) is 47.0 Å². The van der Waals surface area contributed by atoms with Gasteiger partial charge in [0, 0.05) is 32.0 Å². The molecule has 6 heteroatoms. The largest absolute Gasteiger partial charge is 0.346 e. The fraction of sp³-hybridized carbons (Fsp3) is 0.556. The Bertz CT molecular complexity index is 639. The van der Waals surface area contributed by atoms with E-state index in [-0.39, 0.29) is 18.3 Å². The number of carbonyl (C=O) groups is 1. The highest BCUT2D eigenvalue weighted by atomic mass is 35.5. The summed E-state index contributed by atoms with van der Waals surface area (Å²) < 4.78 is 0. The summed E-state index contributed by atoms with van der Waals surface area (Å²) in [4.78, 5) is 22.3. The molecule has 3 rings (SSSR count). The third-order valence-corrected chi connectivity index (χ3v) is 4.69. The molecule has 1 amide bonds. The minimum absolute atomic E-state index is 0. The first-order valence-corrected chi connectivity index (χ1v) is 8.55. The van der Waals surface area contributed by atoms with Crippen LogP contribution >= 0.6 is 12.4 Å². The molecular weight excluding hydrogens is 324 g/mol. The summed E-state index contributed by atoms with van der Waals surface area (Å²) in [6.45, 7) is 3.89. The van der Waals surface area contributed by atoms with E-state index in [4.69, 9.17) is 0 Å². The zero-order chi connectivity index (χ0) is 16.2. The second-order valence-corrected chi connectivity index (χ2v) is 6.64. The summed E-state index contributed by atoms with van der Waals surface area (Å²) in [5.41, 5.74) is 2.09. The SMILES string of the molecule is C[C@H]1C[C@@H](C(=O)N(C)CCCc2nc3ccccc3[nH]2)CCN1.Cl. The predicted octanol–water partition coefficient (Wildman–Crippen LogP) is 2.76. The van der Waals surface area contributed by atoms with E-state index in [1.807, 2.05) is 36.2 Å². The number of amides is 1. The van der Waals surface area contributed by atoms with Gasteiger partial charge in [-0.3, -0.25) is 4.79 Å². The van der Waals surface area contributed by atoms with Gasteiger partial charge in [0.15, 0.2) is 0 Å². The minimum atomic E-state index is 0. The van der Waals surface area contributed by atoms with Gasteiger partial charge in [-0.25, -0.2) is 4.98 Å². The number of rotatable bonds is 5. The summed E-state index contributed by atoms with van der Waals surface area (Å²) in [5, 5.41) is 3.40. The number of nitrogens with one attached hydrogen (secondary N) is 2. The van der Waals surface area contributed by atoms with E-state index in [0.29, 0.717) is 11.9 Å². The number of hydrogen-bond acceptors (Lipinski definition) is 3. The van der Waals surface area contributed by atoms with Crippen molar-refractivity contribution in [3.8, 4) is 0 Å². The molecule has 2 heterocycles. The highest BCUT2D eigenvalue weighted by Crippen LogP contribution is 2.18. The second-order valence-electron chi connectivity index (χ2n) is 6.64. The number of aryl methyl sites for hydroxylation is 1.